The van der Waals surface area contributed by atoms with Crippen molar-refractivity contribution in [1.82, 2.24) is 0 Å². The summed E-state index contributed by atoms with van der Waals surface area (Å²) in [5.41, 5.74) is 0. The van der Waals surface area contributed by atoms with Gasteiger partial charge in [0, 0.05) is 12.8 Å². The molecule has 0 fully saturated rings. The van der Waals surface area contributed by atoms with E-state index < -0.39 is 51.8 Å². The molecule has 4 N–H and O–H groups in total. The molecule has 0 spiro atoms. The fourth-order valence-corrected chi connectivity index (χ4v) is 6.09. The summed E-state index contributed by atoms with van der Waals surface area (Å²) in [6.07, 6.45) is 33.0. The molecule has 0 aromatic rings. The number of rotatable bonds is 37. The highest BCUT2D eigenvalue weighted by Gasteiger charge is 2.27. The van der Waals surface area contributed by atoms with E-state index in [0.29, 0.717) is 25.7 Å². The standard InChI is InChI=1S/C42H75O11P/c1-4-28-38(44)30-25-21-17-13-8-6-5-7-9-14-18-22-26-31-41(46)50-35-40(36-52-54(48,49)51-34-39(45)33-43)53-42(47)32-27-23-19-15-11-10-12-16-20-24-29-37(2)3/h5,7-8,13-14,18,21,25,37-40,43-45H,4,6,9-12,15-17,19-20,22-24,26-36H2,1-3H3,(H,48,49)/b7-5-,13-8-,18-14-,25-21-/t38?,39-,40+/m0/s1. The number of phosphoric acid groups is 1. The summed E-state index contributed by atoms with van der Waals surface area (Å²) < 4.78 is 32.6. The monoisotopic (exact) mass is 787 g/mol. The number of aliphatic hydroxyl groups is 3. The third-order valence-electron chi connectivity index (χ3n) is 8.47. The van der Waals surface area contributed by atoms with Crippen molar-refractivity contribution in [1.29, 1.82) is 0 Å². The van der Waals surface area contributed by atoms with Crippen molar-refractivity contribution < 1.29 is 52.9 Å². The summed E-state index contributed by atoms with van der Waals surface area (Å²) in [7, 11) is -4.63. The Balaban J connectivity index is 4.44. The zero-order valence-electron chi connectivity index (χ0n) is 33.7. The number of unbranched alkanes of at least 4 members (excludes halogenated alkanes) is 10. The maximum Gasteiger partial charge on any atom is 0.472 e. The second kappa shape index (κ2) is 36.5. The molecule has 4 atom stereocenters. The summed E-state index contributed by atoms with van der Waals surface area (Å²) >= 11 is 0. The van der Waals surface area contributed by atoms with Crippen molar-refractivity contribution in [2.75, 3.05) is 26.4 Å². The molecule has 0 aromatic heterocycles. The van der Waals surface area contributed by atoms with Crippen molar-refractivity contribution in [2.45, 2.75) is 174 Å². The van der Waals surface area contributed by atoms with Gasteiger partial charge < -0.3 is 29.7 Å². The van der Waals surface area contributed by atoms with Gasteiger partial charge in [0.1, 0.15) is 12.7 Å². The van der Waals surface area contributed by atoms with Gasteiger partial charge in [-0.1, -0.05) is 140 Å². The Morgan fingerprint density at radius 3 is 1.72 bits per heavy atom. The molecule has 0 saturated heterocycles. The molecule has 0 radical (unpaired) electrons. The number of allylic oxidation sites excluding steroid dienone is 7. The quantitative estimate of drug-likeness (QED) is 0.0205. The fourth-order valence-electron chi connectivity index (χ4n) is 5.30. The van der Waals surface area contributed by atoms with E-state index in [2.05, 4.69) is 55.7 Å². The number of carbonyl (C=O) groups is 2. The van der Waals surface area contributed by atoms with E-state index >= 15 is 0 Å². The van der Waals surface area contributed by atoms with Crippen LogP contribution in [-0.2, 0) is 32.7 Å². The highest BCUT2D eigenvalue weighted by Crippen LogP contribution is 2.43. The van der Waals surface area contributed by atoms with Gasteiger partial charge in [-0.2, -0.15) is 0 Å². The molecule has 0 bridgehead atoms. The van der Waals surface area contributed by atoms with Crippen LogP contribution in [0.1, 0.15) is 156 Å². The average molecular weight is 787 g/mol. The Hall–Kier alpha value is -2.11. The molecule has 2 unspecified atom stereocenters. The number of aliphatic hydroxyl groups excluding tert-OH is 3. The number of esters is 2. The normalized spacial score (nSPS) is 15.1. The Labute approximate surface area is 326 Å². The van der Waals surface area contributed by atoms with Gasteiger partial charge in [0.15, 0.2) is 6.10 Å². The SMILES string of the molecule is CCCC(O)C/C=C\C/C=C\C/C=C\C/C=C\CCCC(=O)OC[C@H](COP(=O)(O)OC[C@@H](O)CO)OC(=O)CCCCCCCCCCCCC(C)C. The molecular formula is C42H75O11P. The van der Waals surface area contributed by atoms with Gasteiger partial charge in [-0.25, -0.2) is 4.57 Å². The minimum Gasteiger partial charge on any atom is -0.462 e. The number of hydrogen-bond acceptors (Lipinski definition) is 10. The highest BCUT2D eigenvalue weighted by molar-refractivity contribution is 7.47. The lowest BCUT2D eigenvalue weighted by Crippen LogP contribution is -2.29. The molecule has 314 valence electrons. The van der Waals surface area contributed by atoms with Gasteiger partial charge in [-0.3, -0.25) is 18.6 Å². The average Bonchev–Trinajstić information content (AvgIpc) is 3.13. The van der Waals surface area contributed by atoms with Gasteiger partial charge in [0.05, 0.1) is 25.9 Å². The second-order valence-electron chi connectivity index (χ2n) is 14.3. The van der Waals surface area contributed by atoms with Gasteiger partial charge >= 0.3 is 19.8 Å². The largest absolute Gasteiger partial charge is 0.472 e. The summed E-state index contributed by atoms with van der Waals surface area (Å²) in [5, 5.41) is 28.0. The van der Waals surface area contributed by atoms with E-state index in [0.717, 1.165) is 57.3 Å². The molecule has 0 rings (SSSR count). The third kappa shape index (κ3) is 36.8. The summed E-state index contributed by atoms with van der Waals surface area (Å²) in [6.45, 7) is 4.39. The first-order valence-corrected chi connectivity index (χ1v) is 22.0. The van der Waals surface area contributed by atoms with E-state index in [1.54, 1.807) is 0 Å². The van der Waals surface area contributed by atoms with Crippen molar-refractivity contribution >= 4 is 19.8 Å². The molecule has 0 heterocycles. The Bertz CT molecular complexity index is 1070. The van der Waals surface area contributed by atoms with Gasteiger partial charge in [-0.05, 0) is 57.3 Å². The van der Waals surface area contributed by atoms with Crippen LogP contribution in [0, 0.1) is 5.92 Å². The molecular weight excluding hydrogens is 711 g/mol. The lowest BCUT2D eigenvalue weighted by Gasteiger charge is -2.20. The van der Waals surface area contributed by atoms with Crippen molar-refractivity contribution in [3.63, 3.8) is 0 Å². The number of phosphoric ester groups is 1. The van der Waals surface area contributed by atoms with Gasteiger partial charge in [0.2, 0.25) is 0 Å². The molecule has 54 heavy (non-hydrogen) atoms. The third-order valence-corrected chi connectivity index (χ3v) is 9.42. The van der Waals surface area contributed by atoms with Crippen LogP contribution < -0.4 is 0 Å². The van der Waals surface area contributed by atoms with Crippen LogP contribution in [0.4, 0.5) is 0 Å². The molecule has 11 nitrogen and oxygen atoms in total. The highest BCUT2D eigenvalue weighted by atomic mass is 31.2. The van der Waals surface area contributed by atoms with Crippen LogP contribution in [0.2, 0.25) is 0 Å². The van der Waals surface area contributed by atoms with Crippen LogP contribution in [-0.4, -0.2) is 76.9 Å². The Morgan fingerprint density at radius 1 is 0.630 bits per heavy atom. The summed E-state index contributed by atoms with van der Waals surface area (Å²) in [6, 6.07) is 0. The molecule has 0 amide bonds. The maximum atomic E-state index is 12.6. The molecule has 0 aliphatic carbocycles. The van der Waals surface area contributed by atoms with E-state index in [-0.39, 0.29) is 25.6 Å². The van der Waals surface area contributed by atoms with E-state index in [1.165, 1.54) is 44.9 Å². The second-order valence-corrected chi connectivity index (χ2v) is 15.8. The van der Waals surface area contributed by atoms with Crippen molar-refractivity contribution in [3.8, 4) is 0 Å². The lowest BCUT2D eigenvalue weighted by atomic mass is 10.0. The Kier molecular flexibility index (Phi) is 35.1. The first-order chi connectivity index (χ1) is 26.0. The van der Waals surface area contributed by atoms with E-state index in [1.807, 2.05) is 18.2 Å². The number of ether oxygens (including phenoxy) is 2. The molecule has 0 aliphatic heterocycles. The topological polar surface area (TPSA) is 169 Å². The fraction of sp³-hybridized carbons (Fsp3) is 0.762. The predicted octanol–water partition coefficient (Wildman–Crippen LogP) is 9.38. The minimum atomic E-state index is -4.63. The molecule has 0 saturated carbocycles. The number of carbonyl (C=O) groups excluding carboxylic acids is 2. The summed E-state index contributed by atoms with van der Waals surface area (Å²) in [4.78, 5) is 34.9. The molecule has 0 aromatic carbocycles. The van der Waals surface area contributed by atoms with Crippen LogP contribution in [0.5, 0.6) is 0 Å². The lowest BCUT2D eigenvalue weighted by molar-refractivity contribution is -0.161. The first kappa shape index (κ1) is 51.9. The van der Waals surface area contributed by atoms with Crippen LogP contribution >= 0.6 is 7.82 Å². The van der Waals surface area contributed by atoms with Crippen molar-refractivity contribution in [3.05, 3.63) is 48.6 Å². The van der Waals surface area contributed by atoms with Crippen LogP contribution in [0.15, 0.2) is 48.6 Å². The van der Waals surface area contributed by atoms with Crippen LogP contribution in [0.3, 0.4) is 0 Å². The van der Waals surface area contributed by atoms with Gasteiger partial charge in [0.25, 0.3) is 0 Å². The maximum absolute atomic E-state index is 12.6. The number of hydrogen-bond donors (Lipinski definition) is 4. The first-order valence-electron chi connectivity index (χ1n) is 20.5. The smallest absolute Gasteiger partial charge is 0.462 e. The van der Waals surface area contributed by atoms with E-state index in [9.17, 15) is 29.3 Å². The Morgan fingerprint density at radius 2 is 1.15 bits per heavy atom. The molecule has 12 heteroatoms. The molecule has 0 aliphatic rings. The van der Waals surface area contributed by atoms with Gasteiger partial charge in [-0.15, -0.1) is 0 Å². The zero-order chi connectivity index (χ0) is 40.1. The zero-order valence-corrected chi connectivity index (χ0v) is 34.6. The predicted molar refractivity (Wildman–Crippen MR) is 216 cm³/mol. The summed E-state index contributed by atoms with van der Waals surface area (Å²) in [5.74, 6) is -0.235. The van der Waals surface area contributed by atoms with Crippen molar-refractivity contribution in [2.24, 2.45) is 5.92 Å². The van der Waals surface area contributed by atoms with Crippen LogP contribution in [0.25, 0.3) is 0 Å². The van der Waals surface area contributed by atoms with E-state index in [4.69, 9.17) is 19.1 Å². The minimum absolute atomic E-state index is 0.150.